The lowest BCUT2D eigenvalue weighted by molar-refractivity contribution is -0.0945. The number of aliphatic hydroxyl groups is 1. The monoisotopic (exact) mass is 170 g/mol. The van der Waals surface area contributed by atoms with Crippen molar-refractivity contribution in [2.75, 3.05) is 6.61 Å². The summed E-state index contributed by atoms with van der Waals surface area (Å²) >= 11 is 0. The number of hydrogen-bond acceptors (Lipinski definition) is 3. The van der Waals surface area contributed by atoms with Gasteiger partial charge in [-0.05, 0) is 19.3 Å². The van der Waals surface area contributed by atoms with E-state index >= 15 is 0 Å². The van der Waals surface area contributed by atoms with E-state index in [-0.39, 0.29) is 6.10 Å². The highest BCUT2D eigenvalue weighted by atomic mass is 16.6. The van der Waals surface area contributed by atoms with Gasteiger partial charge in [-0.25, -0.2) is 0 Å². The highest BCUT2D eigenvalue weighted by Crippen LogP contribution is 2.44. The van der Waals surface area contributed by atoms with Crippen LogP contribution in [0.4, 0.5) is 0 Å². The molecule has 3 heterocycles. The van der Waals surface area contributed by atoms with E-state index in [1.54, 1.807) is 0 Å². The third-order valence-corrected chi connectivity index (χ3v) is 3.38. The summed E-state index contributed by atoms with van der Waals surface area (Å²) in [6, 6.07) is 0. The van der Waals surface area contributed by atoms with Crippen LogP contribution >= 0.6 is 0 Å². The Morgan fingerprint density at radius 3 is 2.92 bits per heavy atom. The van der Waals surface area contributed by atoms with Crippen LogP contribution in [-0.2, 0) is 9.47 Å². The van der Waals surface area contributed by atoms with Crippen molar-refractivity contribution >= 4 is 0 Å². The van der Waals surface area contributed by atoms with Crippen LogP contribution < -0.4 is 0 Å². The Labute approximate surface area is 71.7 Å². The molecule has 3 heteroatoms. The van der Waals surface area contributed by atoms with Crippen LogP contribution in [0.15, 0.2) is 0 Å². The Kier molecular flexibility index (Phi) is 1.48. The fraction of sp³-hybridized carbons (Fsp3) is 1.00. The molecule has 2 bridgehead atoms. The maximum atomic E-state index is 9.40. The lowest BCUT2D eigenvalue weighted by Gasteiger charge is -2.34. The van der Waals surface area contributed by atoms with Gasteiger partial charge in [-0.2, -0.15) is 0 Å². The van der Waals surface area contributed by atoms with Gasteiger partial charge in [0, 0.05) is 5.92 Å². The van der Waals surface area contributed by atoms with E-state index in [1.807, 2.05) is 0 Å². The molecule has 3 fully saturated rings. The minimum atomic E-state index is -0.255. The van der Waals surface area contributed by atoms with Crippen molar-refractivity contribution in [2.45, 2.75) is 43.7 Å². The predicted octanol–water partition coefficient (Wildman–Crippen LogP) is 0.314. The van der Waals surface area contributed by atoms with Gasteiger partial charge in [-0.15, -0.1) is 0 Å². The summed E-state index contributed by atoms with van der Waals surface area (Å²) < 4.78 is 11.3. The summed E-state index contributed by atoms with van der Waals surface area (Å²) in [5, 5.41) is 9.40. The molecule has 68 valence electrons. The Morgan fingerprint density at radius 2 is 2.00 bits per heavy atom. The minimum absolute atomic E-state index is 0.255. The molecule has 3 rings (SSSR count). The van der Waals surface area contributed by atoms with Crippen LogP contribution in [0.25, 0.3) is 0 Å². The predicted molar refractivity (Wildman–Crippen MR) is 41.7 cm³/mol. The molecule has 0 spiro atoms. The van der Waals surface area contributed by atoms with Crippen molar-refractivity contribution in [3.8, 4) is 0 Å². The molecule has 0 radical (unpaired) electrons. The van der Waals surface area contributed by atoms with Gasteiger partial charge >= 0.3 is 0 Å². The molecule has 3 aliphatic heterocycles. The number of hydrogen-bond donors (Lipinski definition) is 1. The van der Waals surface area contributed by atoms with Gasteiger partial charge in [0.25, 0.3) is 0 Å². The third-order valence-electron chi connectivity index (χ3n) is 3.38. The Balaban J connectivity index is 1.81. The molecule has 12 heavy (non-hydrogen) atoms. The fourth-order valence-electron chi connectivity index (χ4n) is 2.85. The Morgan fingerprint density at radius 1 is 1.17 bits per heavy atom. The number of rotatable bonds is 0. The summed E-state index contributed by atoms with van der Waals surface area (Å²) in [5.74, 6) is 0.479. The molecule has 0 aromatic heterocycles. The SMILES string of the molecule is OC1CO[C@H]2[C@@H](C1)[C@@H]1CC[C@H]2O1. The zero-order valence-corrected chi connectivity index (χ0v) is 6.98. The number of aliphatic hydroxyl groups excluding tert-OH is 1. The quantitative estimate of drug-likeness (QED) is 0.568. The molecule has 0 aliphatic carbocycles. The second-order valence-corrected chi connectivity index (χ2v) is 4.14. The van der Waals surface area contributed by atoms with E-state index in [9.17, 15) is 5.11 Å². The highest BCUT2D eigenvalue weighted by Gasteiger charge is 2.51. The molecular weight excluding hydrogens is 156 g/mol. The van der Waals surface area contributed by atoms with E-state index in [4.69, 9.17) is 9.47 Å². The van der Waals surface area contributed by atoms with Gasteiger partial charge in [-0.3, -0.25) is 0 Å². The zero-order valence-electron chi connectivity index (χ0n) is 6.98. The molecule has 5 atom stereocenters. The zero-order chi connectivity index (χ0) is 8.13. The lowest BCUT2D eigenvalue weighted by atomic mass is 9.81. The Bertz CT molecular complexity index is 194. The number of ether oxygens (including phenoxy) is 2. The van der Waals surface area contributed by atoms with Crippen LogP contribution in [0.3, 0.4) is 0 Å². The van der Waals surface area contributed by atoms with Crippen LogP contribution in [0, 0.1) is 5.92 Å². The van der Waals surface area contributed by atoms with E-state index in [0.29, 0.717) is 30.8 Å². The van der Waals surface area contributed by atoms with Crippen molar-refractivity contribution in [3.05, 3.63) is 0 Å². The van der Waals surface area contributed by atoms with Crippen LogP contribution in [0.2, 0.25) is 0 Å². The average molecular weight is 170 g/mol. The first kappa shape index (κ1) is 7.30. The molecule has 3 saturated heterocycles. The van der Waals surface area contributed by atoms with Crippen molar-refractivity contribution < 1.29 is 14.6 Å². The average Bonchev–Trinajstić information content (AvgIpc) is 2.63. The first-order chi connectivity index (χ1) is 5.84. The van der Waals surface area contributed by atoms with Crippen molar-refractivity contribution in [2.24, 2.45) is 5.92 Å². The van der Waals surface area contributed by atoms with E-state index < -0.39 is 0 Å². The van der Waals surface area contributed by atoms with Gasteiger partial charge in [0.15, 0.2) is 0 Å². The van der Waals surface area contributed by atoms with Crippen molar-refractivity contribution in [1.82, 2.24) is 0 Å². The summed E-state index contributed by atoms with van der Waals surface area (Å²) in [5.41, 5.74) is 0. The summed E-state index contributed by atoms with van der Waals surface area (Å²) in [6.45, 7) is 0.508. The number of fused-ring (bicyclic) bond motifs is 5. The first-order valence-corrected chi connectivity index (χ1v) is 4.80. The standard InChI is InChI=1S/C9H14O3/c10-5-3-6-7-1-2-8(12-7)9(6)11-4-5/h5-10H,1-4H2/t5?,6-,7-,8+,9-/m0/s1. The molecule has 0 aromatic carbocycles. The molecule has 0 aromatic rings. The van der Waals surface area contributed by atoms with Crippen molar-refractivity contribution in [3.63, 3.8) is 0 Å². The van der Waals surface area contributed by atoms with Gasteiger partial charge in [-0.1, -0.05) is 0 Å². The molecule has 1 unspecified atom stereocenters. The van der Waals surface area contributed by atoms with Gasteiger partial charge in [0.05, 0.1) is 31.0 Å². The van der Waals surface area contributed by atoms with E-state index in [0.717, 1.165) is 12.8 Å². The maximum absolute atomic E-state index is 9.40. The van der Waals surface area contributed by atoms with Gasteiger partial charge in [0.1, 0.15) is 0 Å². The molecular formula is C9H14O3. The van der Waals surface area contributed by atoms with Crippen LogP contribution in [-0.4, -0.2) is 36.1 Å². The fourth-order valence-corrected chi connectivity index (χ4v) is 2.85. The smallest absolute Gasteiger partial charge is 0.0891 e. The normalized spacial score (nSPS) is 57.2. The van der Waals surface area contributed by atoms with Crippen LogP contribution in [0.5, 0.6) is 0 Å². The summed E-state index contributed by atoms with van der Waals surface area (Å²) in [4.78, 5) is 0. The van der Waals surface area contributed by atoms with Crippen molar-refractivity contribution in [1.29, 1.82) is 0 Å². The minimum Gasteiger partial charge on any atom is -0.391 e. The maximum Gasteiger partial charge on any atom is 0.0891 e. The van der Waals surface area contributed by atoms with E-state index in [2.05, 4.69) is 0 Å². The second kappa shape index (κ2) is 2.44. The highest BCUT2D eigenvalue weighted by molar-refractivity contribution is 5.00. The topological polar surface area (TPSA) is 38.7 Å². The largest absolute Gasteiger partial charge is 0.391 e. The second-order valence-electron chi connectivity index (χ2n) is 4.14. The molecule has 3 nitrogen and oxygen atoms in total. The third kappa shape index (κ3) is 0.873. The molecule has 3 aliphatic rings. The molecule has 0 amide bonds. The van der Waals surface area contributed by atoms with Gasteiger partial charge in [0.2, 0.25) is 0 Å². The van der Waals surface area contributed by atoms with Gasteiger partial charge < -0.3 is 14.6 Å². The Hall–Kier alpha value is -0.120. The summed E-state index contributed by atoms with van der Waals surface area (Å²) in [7, 11) is 0. The van der Waals surface area contributed by atoms with E-state index in [1.165, 1.54) is 6.42 Å². The van der Waals surface area contributed by atoms with Crippen LogP contribution in [0.1, 0.15) is 19.3 Å². The first-order valence-electron chi connectivity index (χ1n) is 4.80. The molecule has 0 saturated carbocycles. The molecule has 1 N–H and O–H groups in total. The lowest BCUT2D eigenvalue weighted by Crippen LogP contribution is -2.43. The summed E-state index contributed by atoms with van der Waals surface area (Å²) in [6.07, 6.45) is 3.97.